The maximum atomic E-state index is 10.7. The molecule has 18 heavy (non-hydrogen) atoms. The SMILES string of the molecule is N#Cc1ccc(Oc2csc(C(=O)O)c2)cc1Br. The lowest BCUT2D eigenvalue weighted by molar-refractivity contribution is 0.0702. The van der Waals surface area contributed by atoms with Crippen LogP contribution >= 0.6 is 27.3 Å². The van der Waals surface area contributed by atoms with Crippen molar-refractivity contribution in [2.45, 2.75) is 0 Å². The van der Waals surface area contributed by atoms with Crippen LogP contribution in [0.5, 0.6) is 11.5 Å². The molecule has 0 unspecified atom stereocenters. The quantitative estimate of drug-likeness (QED) is 0.930. The second-order valence-corrected chi connectivity index (χ2v) is 5.07. The van der Waals surface area contributed by atoms with Crippen LogP contribution in [0.25, 0.3) is 0 Å². The molecule has 0 atom stereocenters. The first-order valence-corrected chi connectivity index (χ1v) is 6.47. The first kappa shape index (κ1) is 12.6. The molecule has 0 saturated carbocycles. The summed E-state index contributed by atoms with van der Waals surface area (Å²) in [5.41, 5.74) is 0.513. The van der Waals surface area contributed by atoms with Gasteiger partial charge < -0.3 is 9.84 Å². The molecule has 1 aromatic heterocycles. The van der Waals surface area contributed by atoms with E-state index < -0.39 is 5.97 Å². The van der Waals surface area contributed by atoms with Crippen molar-refractivity contribution < 1.29 is 14.6 Å². The molecular formula is C12H6BrNO3S. The Morgan fingerprint density at radius 1 is 1.39 bits per heavy atom. The smallest absolute Gasteiger partial charge is 0.346 e. The van der Waals surface area contributed by atoms with E-state index in [-0.39, 0.29) is 4.88 Å². The van der Waals surface area contributed by atoms with Gasteiger partial charge >= 0.3 is 5.97 Å². The van der Waals surface area contributed by atoms with Crippen molar-refractivity contribution in [3.05, 3.63) is 44.6 Å². The van der Waals surface area contributed by atoms with E-state index in [4.69, 9.17) is 15.1 Å². The summed E-state index contributed by atoms with van der Waals surface area (Å²) in [5, 5.41) is 19.2. The molecule has 0 amide bonds. The fourth-order valence-corrected chi connectivity index (χ4v) is 2.36. The Morgan fingerprint density at radius 2 is 2.17 bits per heavy atom. The summed E-state index contributed by atoms with van der Waals surface area (Å²) in [6.45, 7) is 0. The summed E-state index contributed by atoms with van der Waals surface area (Å²) in [6, 6.07) is 8.43. The summed E-state index contributed by atoms with van der Waals surface area (Å²) in [6.07, 6.45) is 0. The van der Waals surface area contributed by atoms with Gasteiger partial charge in [-0.3, -0.25) is 0 Å². The number of hydrogen-bond acceptors (Lipinski definition) is 4. The van der Waals surface area contributed by atoms with Crippen molar-refractivity contribution in [1.29, 1.82) is 5.26 Å². The minimum Gasteiger partial charge on any atom is -0.477 e. The summed E-state index contributed by atoms with van der Waals surface area (Å²) < 4.78 is 6.13. The van der Waals surface area contributed by atoms with Crippen LogP contribution < -0.4 is 4.74 Å². The van der Waals surface area contributed by atoms with Crippen molar-refractivity contribution in [1.82, 2.24) is 0 Å². The molecule has 4 nitrogen and oxygen atoms in total. The third-order valence-electron chi connectivity index (χ3n) is 2.08. The fraction of sp³-hybridized carbons (Fsp3) is 0. The van der Waals surface area contributed by atoms with E-state index in [9.17, 15) is 4.79 Å². The molecule has 2 aromatic rings. The number of rotatable bonds is 3. The highest BCUT2D eigenvalue weighted by Gasteiger charge is 2.09. The largest absolute Gasteiger partial charge is 0.477 e. The molecule has 1 N–H and O–H groups in total. The molecule has 90 valence electrons. The molecule has 6 heteroatoms. The van der Waals surface area contributed by atoms with Crippen LogP contribution in [0.1, 0.15) is 15.2 Å². The summed E-state index contributed by atoms with van der Waals surface area (Å²) >= 11 is 4.36. The maximum absolute atomic E-state index is 10.7. The van der Waals surface area contributed by atoms with Crippen molar-refractivity contribution in [3.63, 3.8) is 0 Å². The third kappa shape index (κ3) is 2.70. The zero-order valence-corrected chi connectivity index (χ0v) is 11.3. The number of nitriles is 1. The standard InChI is InChI=1S/C12H6BrNO3S/c13-10-3-8(2-1-7(10)5-14)17-9-4-11(12(15)16)18-6-9/h1-4,6H,(H,15,16). The fourth-order valence-electron chi connectivity index (χ4n) is 1.27. The van der Waals surface area contributed by atoms with Crippen LogP contribution in [0.3, 0.4) is 0 Å². The van der Waals surface area contributed by atoms with Gasteiger partial charge in [0.2, 0.25) is 0 Å². The van der Waals surface area contributed by atoms with E-state index in [2.05, 4.69) is 15.9 Å². The van der Waals surface area contributed by atoms with Crippen molar-refractivity contribution in [2.75, 3.05) is 0 Å². The highest BCUT2D eigenvalue weighted by Crippen LogP contribution is 2.29. The van der Waals surface area contributed by atoms with Gasteiger partial charge in [0.05, 0.1) is 5.56 Å². The number of carboxylic acid groups (broad SMARTS) is 1. The molecule has 0 radical (unpaired) electrons. The number of nitrogens with zero attached hydrogens (tertiary/aromatic N) is 1. The Labute approximate surface area is 115 Å². The number of carboxylic acids is 1. The second kappa shape index (κ2) is 5.21. The van der Waals surface area contributed by atoms with Gasteiger partial charge in [0, 0.05) is 15.9 Å². The normalized spacial score (nSPS) is 9.78. The number of hydrogen-bond donors (Lipinski definition) is 1. The molecule has 2 rings (SSSR count). The van der Waals surface area contributed by atoms with E-state index >= 15 is 0 Å². The number of carbonyl (C=O) groups is 1. The molecule has 0 aliphatic rings. The van der Waals surface area contributed by atoms with Gasteiger partial charge in [-0.1, -0.05) is 0 Å². The molecule has 0 bridgehead atoms. The minimum atomic E-state index is -0.976. The van der Waals surface area contributed by atoms with E-state index in [0.717, 1.165) is 11.3 Å². The third-order valence-corrected chi connectivity index (χ3v) is 3.64. The molecule has 0 aliphatic heterocycles. The Bertz CT molecular complexity index is 645. The first-order chi connectivity index (χ1) is 8.60. The zero-order chi connectivity index (χ0) is 13.1. The lowest BCUT2D eigenvalue weighted by atomic mass is 10.2. The van der Waals surface area contributed by atoms with Crippen LogP contribution in [0.4, 0.5) is 0 Å². The lowest BCUT2D eigenvalue weighted by Gasteiger charge is -2.04. The molecule has 0 saturated heterocycles. The second-order valence-electron chi connectivity index (χ2n) is 3.31. The molecular weight excluding hydrogens is 318 g/mol. The van der Waals surface area contributed by atoms with Crippen LogP contribution in [-0.4, -0.2) is 11.1 Å². The van der Waals surface area contributed by atoms with Crippen molar-refractivity contribution >= 4 is 33.2 Å². The Morgan fingerprint density at radius 3 is 2.72 bits per heavy atom. The van der Waals surface area contributed by atoms with Gasteiger partial charge in [0.25, 0.3) is 0 Å². The number of thiophene rings is 1. The molecule has 0 aliphatic carbocycles. The van der Waals surface area contributed by atoms with Gasteiger partial charge in [0.1, 0.15) is 22.4 Å². The van der Waals surface area contributed by atoms with E-state index in [0.29, 0.717) is 21.5 Å². The zero-order valence-electron chi connectivity index (χ0n) is 8.88. The topological polar surface area (TPSA) is 70.3 Å². The molecule has 1 heterocycles. The van der Waals surface area contributed by atoms with E-state index in [1.165, 1.54) is 6.07 Å². The van der Waals surface area contributed by atoms with Gasteiger partial charge in [-0.05, 0) is 34.1 Å². The average Bonchev–Trinajstić information content (AvgIpc) is 2.78. The van der Waals surface area contributed by atoms with Gasteiger partial charge in [0.15, 0.2) is 0 Å². The number of halogens is 1. The van der Waals surface area contributed by atoms with Gasteiger partial charge in [-0.15, -0.1) is 11.3 Å². The van der Waals surface area contributed by atoms with Crippen molar-refractivity contribution in [2.24, 2.45) is 0 Å². The molecule has 1 aromatic carbocycles. The van der Waals surface area contributed by atoms with Crippen LogP contribution in [-0.2, 0) is 0 Å². The predicted molar refractivity (Wildman–Crippen MR) is 70.2 cm³/mol. The minimum absolute atomic E-state index is 0.220. The van der Waals surface area contributed by atoms with Crippen molar-refractivity contribution in [3.8, 4) is 17.6 Å². The first-order valence-electron chi connectivity index (χ1n) is 4.79. The monoisotopic (exact) mass is 323 g/mol. The molecule has 0 fully saturated rings. The highest BCUT2D eigenvalue weighted by molar-refractivity contribution is 9.10. The number of aromatic carboxylic acids is 1. The average molecular weight is 324 g/mol. The lowest BCUT2D eigenvalue weighted by Crippen LogP contribution is -1.90. The van der Waals surface area contributed by atoms with E-state index in [1.54, 1.807) is 23.6 Å². The van der Waals surface area contributed by atoms with Gasteiger partial charge in [-0.2, -0.15) is 5.26 Å². The van der Waals surface area contributed by atoms with E-state index in [1.807, 2.05) is 6.07 Å². The Kier molecular flexibility index (Phi) is 3.65. The van der Waals surface area contributed by atoms with Crippen LogP contribution in [0.15, 0.2) is 34.1 Å². The highest BCUT2D eigenvalue weighted by atomic mass is 79.9. The number of ether oxygens (including phenoxy) is 1. The van der Waals surface area contributed by atoms with Crippen LogP contribution in [0.2, 0.25) is 0 Å². The molecule has 0 spiro atoms. The van der Waals surface area contributed by atoms with Gasteiger partial charge in [-0.25, -0.2) is 4.79 Å². The van der Waals surface area contributed by atoms with Crippen LogP contribution in [0, 0.1) is 11.3 Å². The maximum Gasteiger partial charge on any atom is 0.346 e. The Hall–Kier alpha value is -1.84. The predicted octanol–water partition coefficient (Wildman–Crippen LogP) is 3.87. The summed E-state index contributed by atoms with van der Waals surface area (Å²) in [7, 11) is 0. The number of benzene rings is 1. The summed E-state index contributed by atoms with van der Waals surface area (Å²) in [5.74, 6) is 0.0282. The summed E-state index contributed by atoms with van der Waals surface area (Å²) in [4.78, 5) is 10.9. The Balaban J connectivity index is 2.21.